The number of nitrogens with zero attached hydrogens (tertiary/aromatic N) is 1. The van der Waals surface area contributed by atoms with Crippen LogP contribution in [0.1, 0.15) is 25.7 Å². The number of rotatable bonds is 5. The van der Waals surface area contributed by atoms with Gasteiger partial charge in [-0.15, -0.1) is 0 Å². The van der Waals surface area contributed by atoms with Crippen LogP contribution >= 0.6 is 0 Å². The number of benzene rings is 1. The Morgan fingerprint density at radius 2 is 2.00 bits per heavy atom. The number of sulfonamides is 1. The Bertz CT molecular complexity index is 735. The molecule has 0 aromatic heterocycles. The zero-order valence-electron chi connectivity index (χ0n) is 13.2. The fraction of sp³-hybridized carbons (Fsp3) is 0.600. The van der Waals surface area contributed by atoms with Crippen molar-refractivity contribution in [2.24, 2.45) is 16.5 Å². The highest BCUT2D eigenvalue weighted by Crippen LogP contribution is 2.52. The van der Waals surface area contributed by atoms with Crippen molar-refractivity contribution in [1.29, 1.82) is 0 Å². The Balaban J connectivity index is 1.64. The maximum Gasteiger partial charge on any atom is 0.293 e. The lowest BCUT2D eigenvalue weighted by Gasteiger charge is -2.50. The van der Waals surface area contributed by atoms with E-state index in [0.29, 0.717) is 23.6 Å². The maximum atomic E-state index is 11.3. The Labute approximate surface area is 140 Å². The first-order valence-corrected chi connectivity index (χ1v) is 9.47. The molecule has 8 nitrogen and oxygen atoms in total. The lowest BCUT2D eigenvalue weighted by Crippen LogP contribution is -2.44. The molecule has 1 aliphatic heterocycles. The summed E-state index contributed by atoms with van der Waals surface area (Å²) in [6, 6.07) is 3.69. The minimum Gasteiger partial charge on any atom is -0.381 e. The largest absolute Gasteiger partial charge is 0.381 e. The Hall–Kier alpha value is -1.71. The van der Waals surface area contributed by atoms with Gasteiger partial charge in [-0.1, -0.05) is 0 Å². The molecular weight excluding hydrogens is 334 g/mol. The summed E-state index contributed by atoms with van der Waals surface area (Å²) in [6.07, 6.45) is 4.39. The van der Waals surface area contributed by atoms with Gasteiger partial charge >= 0.3 is 0 Å². The highest BCUT2D eigenvalue weighted by molar-refractivity contribution is 7.89. The van der Waals surface area contributed by atoms with E-state index < -0.39 is 14.9 Å². The molecule has 0 amide bonds. The van der Waals surface area contributed by atoms with Crippen molar-refractivity contribution in [3.8, 4) is 0 Å². The zero-order chi connectivity index (χ0) is 17.4. The van der Waals surface area contributed by atoms with E-state index in [4.69, 9.17) is 9.88 Å². The summed E-state index contributed by atoms with van der Waals surface area (Å²) in [5, 5.41) is 19.3. The van der Waals surface area contributed by atoms with Crippen LogP contribution < -0.4 is 10.5 Å². The van der Waals surface area contributed by atoms with Crippen LogP contribution in [0.3, 0.4) is 0 Å². The van der Waals surface area contributed by atoms with Gasteiger partial charge in [-0.05, 0) is 49.1 Å². The predicted molar refractivity (Wildman–Crippen MR) is 88.2 cm³/mol. The highest BCUT2D eigenvalue weighted by atomic mass is 32.2. The van der Waals surface area contributed by atoms with E-state index >= 15 is 0 Å². The van der Waals surface area contributed by atoms with Crippen LogP contribution in [0.15, 0.2) is 23.1 Å². The van der Waals surface area contributed by atoms with E-state index in [9.17, 15) is 18.5 Å². The molecule has 1 heterocycles. The smallest absolute Gasteiger partial charge is 0.293 e. The standard InChI is InChI=1S/C15H21N3O5S/c16-24(21,22)12-1-2-13(14(7-12)18(19)20)17-10-11-8-15(9-11)3-5-23-6-4-15/h1-2,7,11,17H,3-6,8-10H2,(H2,16,21,22). The fourth-order valence-electron chi connectivity index (χ4n) is 3.77. The van der Waals surface area contributed by atoms with Crippen LogP contribution in [0.5, 0.6) is 0 Å². The van der Waals surface area contributed by atoms with Gasteiger partial charge in [-0.3, -0.25) is 10.1 Å². The molecule has 0 radical (unpaired) electrons. The number of anilines is 1. The number of nitrogens with one attached hydrogen (secondary N) is 1. The molecular formula is C15H21N3O5S. The maximum absolute atomic E-state index is 11.3. The summed E-state index contributed by atoms with van der Waals surface area (Å²) in [4.78, 5) is 10.3. The minimum absolute atomic E-state index is 0.260. The molecule has 1 aliphatic carbocycles. The van der Waals surface area contributed by atoms with Crippen LogP contribution in [0.2, 0.25) is 0 Å². The van der Waals surface area contributed by atoms with Gasteiger partial charge < -0.3 is 10.1 Å². The molecule has 1 saturated heterocycles. The lowest BCUT2D eigenvalue weighted by molar-refractivity contribution is -0.384. The van der Waals surface area contributed by atoms with Crippen LogP contribution in [0.25, 0.3) is 0 Å². The van der Waals surface area contributed by atoms with Gasteiger partial charge in [-0.2, -0.15) is 0 Å². The number of ether oxygens (including phenoxy) is 1. The lowest BCUT2D eigenvalue weighted by atomic mass is 9.58. The van der Waals surface area contributed by atoms with Gasteiger partial charge in [0.2, 0.25) is 10.0 Å². The second-order valence-electron chi connectivity index (χ2n) is 6.75. The Morgan fingerprint density at radius 3 is 2.58 bits per heavy atom. The first-order valence-electron chi connectivity index (χ1n) is 7.92. The average Bonchev–Trinajstić information content (AvgIpc) is 2.50. The van der Waals surface area contributed by atoms with E-state index in [1.165, 1.54) is 12.1 Å². The fourth-order valence-corrected chi connectivity index (χ4v) is 4.30. The van der Waals surface area contributed by atoms with E-state index in [1.54, 1.807) is 0 Å². The number of nitro groups is 1. The van der Waals surface area contributed by atoms with Crippen molar-refractivity contribution in [1.82, 2.24) is 0 Å². The zero-order valence-corrected chi connectivity index (χ0v) is 14.0. The molecule has 132 valence electrons. The third-order valence-corrected chi connectivity index (χ3v) is 5.98. The molecule has 0 atom stereocenters. The topological polar surface area (TPSA) is 125 Å². The van der Waals surface area contributed by atoms with Gasteiger partial charge in [0.15, 0.2) is 0 Å². The quantitative estimate of drug-likeness (QED) is 0.613. The first-order chi connectivity index (χ1) is 11.3. The summed E-state index contributed by atoms with van der Waals surface area (Å²) < 4.78 is 28.1. The van der Waals surface area contributed by atoms with Crippen LogP contribution in [-0.4, -0.2) is 33.1 Å². The molecule has 1 saturated carbocycles. The summed E-state index contributed by atoms with van der Waals surface area (Å²) in [7, 11) is -3.96. The van der Waals surface area contributed by atoms with Crippen molar-refractivity contribution < 1.29 is 18.1 Å². The molecule has 1 aromatic carbocycles. The third kappa shape index (κ3) is 3.52. The van der Waals surface area contributed by atoms with Crippen molar-refractivity contribution in [2.75, 3.05) is 25.1 Å². The molecule has 2 fully saturated rings. The van der Waals surface area contributed by atoms with Crippen molar-refractivity contribution in [3.05, 3.63) is 28.3 Å². The molecule has 2 aliphatic rings. The Morgan fingerprint density at radius 1 is 1.33 bits per heavy atom. The summed E-state index contributed by atoms with van der Waals surface area (Å²) in [5.41, 5.74) is 0.440. The van der Waals surface area contributed by atoms with Crippen LogP contribution in [0, 0.1) is 21.4 Å². The predicted octanol–water partition coefficient (Wildman–Crippen LogP) is 1.86. The molecule has 1 spiro atoms. The minimum atomic E-state index is -3.96. The monoisotopic (exact) mass is 355 g/mol. The summed E-state index contributed by atoms with van der Waals surface area (Å²) in [5.74, 6) is 0.473. The molecule has 3 rings (SSSR count). The molecule has 0 unspecified atom stereocenters. The van der Waals surface area contributed by atoms with Gasteiger partial charge in [0, 0.05) is 25.8 Å². The van der Waals surface area contributed by atoms with Gasteiger partial charge in [0.1, 0.15) is 5.69 Å². The van der Waals surface area contributed by atoms with Crippen molar-refractivity contribution in [3.63, 3.8) is 0 Å². The number of nitro benzene ring substituents is 1. The average molecular weight is 355 g/mol. The van der Waals surface area contributed by atoms with E-state index in [2.05, 4.69) is 5.32 Å². The van der Waals surface area contributed by atoms with Crippen molar-refractivity contribution >= 4 is 21.4 Å². The third-order valence-electron chi connectivity index (χ3n) is 5.07. The van der Waals surface area contributed by atoms with E-state index in [-0.39, 0.29) is 10.6 Å². The molecule has 24 heavy (non-hydrogen) atoms. The number of hydrogen-bond donors (Lipinski definition) is 2. The molecule has 9 heteroatoms. The molecule has 0 bridgehead atoms. The number of primary sulfonamides is 1. The normalized spacial score (nSPS) is 20.5. The Kier molecular flexibility index (Phi) is 4.50. The van der Waals surface area contributed by atoms with E-state index in [1.807, 2.05) is 0 Å². The number of nitrogens with two attached hydrogens (primary N) is 1. The second-order valence-corrected chi connectivity index (χ2v) is 8.31. The summed E-state index contributed by atoms with van der Waals surface area (Å²) >= 11 is 0. The van der Waals surface area contributed by atoms with E-state index in [0.717, 1.165) is 45.0 Å². The van der Waals surface area contributed by atoms with Crippen molar-refractivity contribution in [2.45, 2.75) is 30.6 Å². The van der Waals surface area contributed by atoms with Crippen LogP contribution in [-0.2, 0) is 14.8 Å². The number of hydrogen-bond acceptors (Lipinski definition) is 6. The summed E-state index contributed by atoms with van der Waals surface area (Å²) in [6.45, 7) is 2.28. The first kappa shape index (κ1) is 17.1. The van der Waals surface area contributed by atoms with Gasteiger partial charge in [0.25, 0.3) is 5.69 Å². The molecule has 3 N–H and O–H groups in total. The highest BCUT2D eigenvalue weighted by Gasteiger charge is 2.44. The van der Waals surface area contributed by atoms with Gasteiger partial charge in [-0.25, -0.2) is 13.6 Å². The van der Waals surface area contributed by atoms with Crippen LogP contribution in [0.4, 0.5) is 11.4 Å². The second kappa shape index (κ2) is 6.30. The van der Waals surface area contributed by atoms with Gasteiger partial charge in [0.05, 0.1) is 9.82 Å². The SMILES string of the molecule is NS(=O)(=O)c1ccc(NCC2CC3(CCOCC3)C2)c([N+](=O)[O-])c1. The molecule has 1 aromatic rings.